The maximum Gasteiger partial charge on any atom is 0.269 e. The average molecular weight is 325 g/mol. The Morgan fingerprint density at radius 1 is 1.32 bits per heavy atom. The number of halogens is 3. The molecule has 1 aromatic carbocycles. The second-order valence-corrected chi connectivity index (χ2v) is 4.73. The highest BCUT2D eigenvalue weighted by Gasteiger charge is 2.18. The Balaban J connectivity index is 2.62. The van der Waals surface area contributed by atoms with Crippen LogP contribution in [0.25, 0.3) is 11.3 Å². The van der Waals surface area contributed by atoms with E-state index in [1.54, 1.807) is 13.0 Å². The molecular formula is C15H11ClF2N2O2. The summed E-state index contributed by atoms with van der Waals surface area (Å²) < 4.78 is 34.5. The summed E-state index contributed by atoms with van der Waals surface area (Å²) in [6, 6.07) is 6.32. The summed E-state index contributed by atoms with van der Waals surface area (Å²) in [6.45, 7) is 1.56. The van der Waals surface area contributed by atoms with Gasteiger partial charge in [0.1, 0.15) is 28.5 Å². The van der Waals surface area contributed by atoms with Gasteiger partial charge in [-0.2, -0.15) is 5.26 Å². The van der Waals surface area contributed by atoms with Crippen molar-refractivity contribution in [3.63, 3.8) is 0 Å². The highest BCUT2D eigenvalue weighted by Crippen LogP contribution is 2.29. The predicted octanol–water partition coefficient (Wildman–Crippen LogP) is 3.37. The minimum absolute atomic E-state index is 0.0274. The molecule has 0 unspecified atom stereocenters. The lowest BCUT2D eigenvalue weighted by Gasteiger charge is -2.14. The first-order valence-corrected chi connectivity index (χ1v) is 6.75. The first-order chi connectivity index (χ1) is 10.5. The van der Waals surface area contributed by atoms with Crippen molar-refractivity contribution in [2.75, 3.05) is 6.61 Å². The zero-order valence-electron chi connectivity index (χ0n) is 11.6. The summed E-state index contributed by atoms with van der Waals surface area (Å²) in [5.74, 6) is -1.88. The van der Waals surface area contributed by atoms with Crippen LogP contribution < -0.4 is 10.3 Å². The lowest BCUT2D eigenvalue weighted by atomic mass is 10.1. The summed E-state index contributed by atoms with van der Waals surface area (Å²) in [6.07, 6.45) is 0. The monoisotopic (exact) mass is 324 g/mol. The van der Waals surface area contributed by atoms with Crippen molar-refractivity contribution in [3.05, 3.63) is 51.3 Å². The van der Waals surface area contributed by atoms with Gasteiger partial charge in [0.15, 0.2) is 6.61 Å². The third kappa shape index (κ3) is 2.95. The number of ether oxygens (including phenoxy) is 1. The van der Waals surface area contributed by atoms with Crippen LogP contribution in [0.3, 0.4) is 0 Å². The molecule has 0 aliphatic rings. The minimum atomic E-state index is -0.892. The number of hydrogen-bond donors (Lipinski definition) is 0. The SMILES string of the molecule is CCn1c(-c2c(F)cc(OCC#N)cc2F)ccc(Cl)c1=O. The Labute approximate surface area is 130 Å². The molecule has 0 radical (unpaired) electrons. The van der Waals surface area contributed by atoms with Crippen LogP contribution in [0.5, 0.6) is 5.75 Å². The van der Waals surface area contributed by atoms with Crippen molar-refractivity contribution in [3.8, 4) is 23.1 Å². The zero-order valence-corrected chi connectivity index (χ0v) is 12.3. The molecule has 0 bridgehead atoms. The second-order valence-electron chi connectivity index (χ2n) is 4.32. The van der Waals surface area contributed by atoms with Crippen molar-refractivity contribution in [2.45, 2.75) is 13.5 Å². The van der Waals surface area contributed by atoms with Gasteiger partial charge in [0.25, 0.3) is 5.56 Å². The smallest absolute Gasteiger partial charge is 0.269 e. The third-order valence-electron chi connectivity index (χ3n) is 3.02. The fourth-order valence-electron chi connectivity index (χ4n) is 2.08. The average Bonchev–Trinajstić information content (AvgIpc) is 2.48. The van der Waals surface area contributed by atoms with Gasteiger partial charge < -0.3 is 9.30 Å². The first kappa shape index (κ1) is 16.0. The van der Waals surface area contributed by atoms with E-state index in [0.717, 1.165) is 12.1 Å². The van der Waals surface area contributed by atoms with Crippen molar-refractivity contribution in [1.29, 1.82) is 5.26 Å². The standard InChI is InChI=1S/C15H11ClF2N2O2/c1-2-20-13(4-3-10(16)15(20)21)14-11(17)7-9(8-12(14)18)22-6-5-19/h3-4,7-8H,2,6H2,1H3. The lowest BCUT2D eigenvalue weighted by molar-refractivity contribution is 0.363. The molecule has 0 saturated carbocycles. The predicted molar refractivity (Wildman–Crippen MR) is 77.8 cm³/mol. The molecule has 2 rings (SSSR count). The minimum Gasteiger partial charge on any atom is -0.479 e. The lowest BCUT2D eigenvalue weighted by Crippen LogP contribution is -2.21. The molecule has 0 atom stereocenters. The summed E-state index contributed by atoms with van der Waals surface area (Å²) in [4.78, 5) is 12.0. The zero-order chi connectivity index (χ0) is 16.3. The molecule has 114 valence electrons. The maximum atomic E-state index is 14.2. The van der Waals surface area contributed by atoms with Crippen LogP contribution in [0.4, 0.5) is 8.78 Å². The van der Waals surface area contributed by atoms with Gasteiger partial charge in [0.2, 0.25) is 0 Å². The number of pyridine rings is 1. The van der Waals surface area contributed by atoms with Gasteiger partial charge in [0, 0.05) is 18.7 Å². The van der Waals surface area contributed by atoms with Crippen molar-refractivity contribution >= 4 is 11.6 Å². The fraction of sp³-hybridized carbons (Fsp3) is 0.200. The number of rotatable bonds is 4. The van der Waals surface area contributed by atoms with E-state index in [4.69, 9.17) is 21.6 Å². The molecule has 4 nitrogen and oxygen atoms in total. The van der Waals surface area contributed by atoms with E-state index in [2.05, 4.69) is 0 Å². The van der Waals surface area contributed by atoms with Crippen molar-refractivity contribution in [2.24, 2.45) is 0 Å². The molecule has 0 N–H and O–H groups in total. The Bertz CT molecular complexity index is 789. The van der Waals surface area contributed by atoms with E-state index in [0.29, 0.717) is 0 Å². The largest absolute Gasteiger partial charge is 0.479 e. The van der Waals surface area contributed by atoms with E-state index in [1.165, 1.54) is 16.7 Å². The number of hydrogen-bond acceptors (Lipinski definition) is 3. The van der Waals surface area contributed by atoms with Crippen LogP contribution in [-0.2, 0) is 6.54 Å². The Morgan fingerprint density at radius 2 is 1.95 bits per heavy atom. The summed E-state index contributed by atoms with van der Waals surface area (Å²) in [5, 5.41) is 8.38. The molecule has 2 aromatic rings. The van der Waals surface area contributed by atoms with E-state index < -0.39 is 17.2 Å². The van der Waals surface area contributed by atoms with E-state index in [9.17, 15) is 13.6 Å². The van der Waals surface area contributed by atoms with Crippen LogP contribution in [0.2, 0.25) is 5.02 Å². The molecule has 22 heavy (non-hydrogen) atoms. The number of nitrogens with zero attached hydrogens (tertiary/aromatic N) is 2. The molecule has 0 saturated heterocycles. The van der Waals surface area contributed by atoms with Crippen LogP contribution in [0, 0.1) is 23.0 Å². The van der Waals surface area contributed by atoms with Crippen LogP contribution in [-0.4, -0.2) is 11.2 Å². The molecule has 7 heteroatoms. The molecule has 0 aliphatic heterocycles. The molecule has 0 spiro atoms. The normalized spacial score (nSPS) is 10.3. The Kier molecular flexibility index (Phi) is 4.78. The van der Waals surface area contributed by atoms with E-state index >= 15 is 0 Å². The quantitative estimate of drug-likeness (QED) is 0.866. The number of nitriles is 1. The molecule has 0 amide bonds. The highest BCUT2D eigenvalue weighted by molar-refractivity contribution is 6.30. The Hall–Kier alpha value is -2.39. The molecule has 0 aliphatic carbocycles. The second kappa shape index (κ2) is 6.58. The summed E-state index contributed by atoms with van der Waals surface area (Å²) in [5.41, 5.74) is -0.788. The van der Waals surface area contributed by atoms with E-state index in [1.807, 2.05) is 0 Å². The first-order valence-electron chi connectivity index (χ1n) is 6.38. The number of aromatic nitrogens is 1. The summed E-state index contributed by atoms with van der Waals surface area (Å²) in [7, 11) is 0. The van der Waals surface area contributed by atoms with Gasteiger partial charge in [-0.25, -0.2) is 8.78 Å². The molecular weight excluding hydrogens is 314 g/mol. The fourth-order valence-corrected chi connectivity index (χ4v) is 2.24. The molecule has 1 aromatic heterocycles. The van der Waals surface area contributed by atoms with Gasteiger partial charge in [-0.15, -0.1) is 0 Å². The Morgan fingerprint density at radius 3 is 2.50 bits per heavy atom. The van der Waals surface area contributed by atoms with Gasteiger partial charge in [-0.05, 0) is 19.1 Å². The summed E-state index contributed by atoms with van der Waals surface area (Å²) >= 11 is 5.74. The van der Waals surface area contributed by atoms with Gasteiger partial charge >= 0.3 is 0 Å². The number of benzene rings is 1. The van der Waals surface area contributed by atoms with Gasteiger partial charge in [-0.3, -0.25) is 4.79 Å². The van der Waals surface area contributed by atoms with Crippen molar-refractivity contribution in [1.82, 2.24) is 4.57 Å². The van der Waals surface area contributed by atoms with Gasteiger partial charge in [-0.1, -0.05) is 11.6 Å². The van der Waals surface area contributed by atoms with Crippen LogP contribution >= 0.6 is 11.6 Å². The van der Waals surface area contributed by atoms with Gasteiger partial charge in [0.05, 0.1) is 11.3 Å². The molecule has 1 heterocycles. The molecule has 0 fully saturated rings. The van der Waals surface area contributed by atoms with Crippen LogP contribution in [0.1, 0.15) is 6.92 Å². The van der Waals surface area contributed by atoms with Crippen molar-refractivity contribution < 1.29 is 13.5 Å². The van der Waals surface area contributed by atoms with E-state index in [-0.39, 0.29) is 35.2 Å². The highest BCUT2D eigenvalue weighted by atomic mass is 35.5. The maximum absolute atomic E-state index is 14.2. The topological polar surface area (TPSA) is 55.0 Å². The third-order valence-corrected chi connectivity index (χ3v) is 3.31. The van der Waals surface area contributed by atoms with Crippen LogP contribution in [0.15, 0.2) is 29.1 Å².